The van der Waals surface area contributed by atoms with Crippen LogP contribution in [0.2, 0.25) is 0 Å². The zero-order valence-corrected chi connectivity index (χ0v) is 27.3. The average molecular weight is 537 g/mol. The van der Waals surface area contributed by atoms with E-state index in [4.69, 9.17) is 0 Å². The standard InChI is InChI=1S/C40H56/c1-31(19-13-21-33(3)25-27-37-35(5)23-15-29-39(37,7)8)17-11-12-18-32(2)20-14-22-34(4)26-28-38-36(6)24-16-30-40(38,9)10/h11-14,17-22,25-28H,15-16,23-24,29-30H2,1-10H3/b12-11?,19-13+,20-14?,27-25?,28-26?,31-17?,32-18?,33-21?,34-22?. The molecule has 0 nitrogen and oxygen atoms in total. The van der Waals surface area contributed by atoms with Crippen molar-refractivity contribution in [3.63, 3.8) is 0 Å². The first kappa shape index (κ1) is 33.3. The maximum Gasteiger partial charge on any atom is -0.0104 e. The first-order valence-corrected chi connectivity index (χ1v) is 15.3. The molecule has 0 bridgehead atoms. The summed E-state index contributed by atoms with van der Waals surface area (Å²) < 4.78 is 0. The fourth-order valence-electron chi connectivity index (χ4n) is 5.79. The summed E-state index contributed by atoms with van der Waals surface area (Å²) in [5, 5.41) is 0. The number of rotatable bonds is 10. The fourth-order valence-corrected chi connectivity index (χ4v) is 5.79. The highest BCUT2D eigenvalue weighted by Gasteiger charge is 2.27. The van der Waals surface area contributed by atoms with E-state index in [0.29, 0.717) is 10.8 Å². The summed E-state index contributed by atoms with van der Waals surface area (Å²) in [5.41, 5.74) is 11.7. The van der Waals surface area contributed by atoms with Gasteiger partial charge in [0, 0.05) is 0 Å². The molecule has 0 N–H and O–H groups in total. The van der Waals surface area contributed by atoms with Crippen LogP contribution in [0.1, 0.15) is 108 Å². The van der Waals surface area contributed by atoms with E-state index in [2.05, 4.69) is 154 Å². The quantitative estimate of drug-likeness (QED) is 0.244. The first-order valence-electron chi connectivity index (χ1n) is 15.3. The summed E-state index contributed by atoms with van der Waals surface area (Å²) in [5.74, 6) is 0. The van der Waals surface area contributed by atoms with Gasteiger partial charge in [0.25, 0.3) is 0 Å². The Hall–Kier alpha value is -2.86. The van der Waals surface area contributed by atoms with Gasteiger partial charge in [-0.05, 0) is 102 Å². The second-order valence-electron chi connectivity index (χ2n) is 13.3. The summed E-state index contributed by atoms with van der Waals surface area (Å²) in [7, 11) is 0. The van der Waals surface area contributed by atoms with Crippen molar-refractivity contribution in [1.29, 1.82) is 0 Å². The third kappa shape index (κ3) is 11.3. The van der Waals surface area contributed by atoms with E-state index >= 15 is 0 Å². The third-order valence-corrected chi connectivity index (χ3v) is 8.38. The summed E-state index contributed by atoms with van der Waals surface area (Å²) in [6.07, 6.45) is 38.4. The Morgan fingerprint density at radius 3 is 1.18 bits per heavy atom. The van der Waals surface area contributed by atoms with Crippen molar-refractivity contribution >= 4 is 0 Å². The van der Waals surface area contributed by atoms with Gasteiger partial charge in [-0.1, -0.05) is 146 Å². The molecule has 0 heteroatoms. The lowest BCUT2D eigenvalue weighted by Gasteiger charge is -2.33. The van der Waals surface area contributed by atoms with Crippen molar-refractivity contribution in [2.75, 3.05) is 0 Å². The molecule has 2 aliphatic carbocycles. The molecule has 0 saturated heterocycles. The highest BCUT2D eigenvalue weighted by molar-refractivity contribution is 5.39. The Kier molecular flexibility index (Phi) is 13.2. The zero-order valence-electron chi connectivity index (χ0n) is 27.3. The van der Waals surface area contributed by atoms with Crippen LogP contribution in [0.3, 0.4) is 0 Å². The van der Waals surface area contributed by atoms with Crippen molar-refractivity contribution in [3.05, 3.63) is 130 Å². The van der Waals surface area contributed by atoms with E-state index < -0.39 is 0 Å². The molecule has 0 aliphatic heterocycles. The molecule has 0 aromatic carbocycles. The fraction of sp³-hybridized carbons (Fsp3) is 0.450. The Bertz CT molecular complexity index is 1120. The van der Waals surface area contributed by atoms with E-state index in [1.165, 1.54) is 72.0 Å². The highest BCUT2D eigenvalue weighted by atomic mass is 14.3. The molecule has 0 unspecified atom stereocenters. The lowest BCUT2D eigenvalue weighted by molar-refractivity contribution is 0.376. The molecule has 0 radical (unpaired) electrons. The van der Waals surface area contributed by atoms with E-state index in [9.17, 15) is 0 Å². The molecular weight excluding hydrogens is 480 g/mol. The summed E-state index contributed by atoms with van der Waals surface area (Å²) >= 11 is 0. The smallest absolute Gasteiger partial charge is 0.0104 e. The largest absolute Gasteiger partial charge is 0.0696 e. The molecule has 2 rings (SSSR count). The Morgan fingerprint density at radius 1 is 0.500 bits per heavy atom. The molecule has 0 saturated carbocycles. The molecule has 0 spiro atoms. The lowest BCUT2D eigenvalue weighted by atomic mass is 9.72. The molecule has 0 fully saturated rings. The molecule has 0 amide bonds. The average Bonchev–Trinajstić information content (AvgIpc) is 2.85. The number of hydrogen-bond donors (Lipinski definition) is 0. The summed E-state index contributed by atoms with van der Waals surface area (Å²) in [6.45, 7) is 22.7. The van der Waals surface area contributed by atoms with Crippen molar-refractivity contribution < 1.29 is 0 Å². The van der Waals surface area contributed by atoms with Gasteiger partial charge in [0.2, 0.25) is 0 Å². The van der Waals surface area contributed by atoms with Crippen LogP contribution in [-0.4, -0.2) is 0 Å². The third-order valence-electron chi connectivity index (χ3n) is 8.38. The maximum absolute atomic E-state index is 2.37. The predicted molar refractivity (Wildman–Crippen MR) is 181 cm³/mol. The molecular formula is C40H56. The van der Waals surface area contributed by atoms with Crippen LogP contribution in [0, 0.1) is 10.8 Å². The minimum Gasteiger partial charge on any atom is -0.0696 e. The number of hydrogen-bond acceptors (Lipinski definition) is 0. The second kappa shape index (κ2) is 15.8. The Balaban J connectivity index is 1.89. The Labute approximate surface area is 247 Å². The van der Waals surface area contributed by atoms with Crippen LogP contribution in [-0.2, 0) is 0 Å². The van der Waals surface area contributed by atoms with Crippen LogP contribution in [0.25, 0.3) is 0 Å². The minimum absolute atomic E-state index is 0.291. The van der Waals surface area contributed by atoms with E-state index in [1.54, 1.807) is 11.1 Å². The second-order valence-corrected chi connectivity index (χ2v) is 13.3. The molecule has 0 atom stereocenters. The van der Waals surface area contributed by atoms with Gasteiger partial charge in [0.05, 0.1) is 0 Å². The molecule has 40 heavy (non-hydrogen) atoms. The summed E-state index contributed by atoms with van der Waals surface area (Å²) in [6, 6.07) is 0. The van der Waals surface area contributed by atoms with Crippen LogP contribution < -0.4 is 0 Å². The predicted octanol–water partition coefficient (Wildman–Crippen LogP) is 12.6. The molecule has 0 aromatic heterocycles. The number of allylic oxidation sites excluding steroid dienone is 22. The highest BCUT2D eigenvalue weighted by Crippen LogP contribution is 2.41. The summed E-state index contributed by atoms with van der Waals surface area (Å²) in [4.78, 5) is 0. The van der Waals surface area contributed by atoms with Crippen LogP contribution in [0.4, 0.5) is 0 Å². The molecule has 216 valence electrons. The molecule has 0 aromatic rings. The Morgan fingerprint density at radius 2 is 0.825 bits per heavy atom. The van der Waals surface area contributed by atoms with E-state index in [-0.39, 0.29) is 0 Å². The van der Waals surface area contributed by atoms with Crippen molar-refractivity contribution in [2.24, 2.45) is 10.8 Å². The van der Waals surface area contributed by atoms with Gasteiger partial charge in [-0.25, -0.2) is 0 Å². The van der Waals surface area contributed by atoms with Gasteiger partial charge in [0.1, 0.15) is 0 Å². The van der Waals surface area contributed by atoms with Gasteiger partial charge < -0.3 is 0 Å². The lowest BCUT2D eigenvalue weighted by Crippen LogP contribution is -2.19. The minimum atomic E-state index is 0.291. The first-order chi connectivity index (χ1) is 18.8. The van der Waals surface area contributed by atoms with Crippen LogP contribution >= 0.6 is 0 Å². The van der Waals surface area contributed by atoms with Gasteiger partial charge in [-0.2, -0.15) is 0 Å². The van der Waals surface area contributed by atoms with Crippen LogP contribution in [0.15, 0.2) is 130 Å². The normalized spacial score (nSPS) is 21.9. The monoisotopic (exact) mass is 536 g/mol. The van der Waals surface area contributed by atoms with Crippen molar-refractivity contribution in [3.8, 4) is 0 Å². The molecule has 2 aliphatic rings. The van der Waals surface area contributed by atoms with Gasteiger partial charge in [0.15, 0.2) is 0 Å². The van der Waals surface area contributed by atoms with Crippen LogP contribution in [0.5, 0.6) is 0 Å². The van der Waals surface area contributed by atoms with E-state index in [1.807, 2.05) is 0 Å². The van der Waals surface area contributed by atoms with Crippen molar-refractivity contribution in [1.82, 2.24) is 0 Å². The van der Waals surface area contributed by atoms with Crippen molar-refractivity contribution in [2.45, 2.75) is 108 Å². The topological polar surface area (TPSA) is 0 Å². The van der Waals surface area contributed by atoms with Gasteiger partial charge in [-0.3, -0.25) is 0 Å². The van der Waals surface area contributed by atoms with Gasteiger partial charge >= 0.3 is 0 Å². The van der Waals surface area contributed by atoms with Gasteiger partial charge in [-0.15, -0.1) is 0 Å². The maximum atomic E-state index is 2.37. The van der Waals surface area contributed by atoms with E-state index in [0.717, 1.165) is 0 Å². The molecule has 0 heterocycles. The zero-order chi connectivity index (χ0) is 29.8. The SMILES string of the molecule is CC(C=CC=C(C)C=CC1=C(C)CCCC1(C)C)=CC=CC=C(C)/C=C/C=C(C)C=CC1=C(C)CCCC1(C)C.